The normalized spacial score (nSPS) is 11.0. The number of rotatable bonds is 1. The molecule has 1 aromatic carbocycles. The van der Waals surface area contributed by atoms with Gasteiger partial charge in [0.2, 0.25) is 5.96 Å². The Kier molecular flexibility index (Phi) is 4.03. The summed E-state index contributed by atoms with van der Waals surface area (Å²) in [6, 6.07) is 2.20. The Morgan fingerprint density at radius 1 is 1.42 bits per heavy atom. The minimum absolute atomic E-state index is 0.324. The number of hydrogen-bond donors (Lipinski definition) is 3. The molecule has 0 fully saturated rings. The Morgan fingerprint density at radius 3 is 2.42 bits per heavy atom. The molecule has 19 heavy (non-hydrogen) atoms. The first-order chi connectivity index (χ1) is 8.62. The van der Waals surface area contributed by atoms with E-state index in [2.05, 4.69) is 0 Å². The number of nitrogens with one attached hydrogen (secondary N) is 2. The van der Waals surface area contributed by atoms with Crippen LogP contribution >= 0.6 is 0 Å². The van der Waals surface area contributed by atoms with E-state index in [0.29, 0.717) is 11.3 Å². The Labute approximate surface area is 107 Å². The molecule has 104 valence electrons. The number of anilines is 1. The van der Waals surface area contributed by atoms with E-state index in [1.54, 1.807) is 0 Å². The van der Waals surface area contributed by atoms with Gasteiger partial charge in [-0.3, -0.25) is 10.7 Å². The largest absolute Gasteiger partial charge is 0.416 e. The Bertz CT molecular complexity index is 513. The predicted octanol–water partition coefficient (Wildman–Crippen LogP) is 2.05. The van der Waals surface area contributed by atoms with Gasteiger partial charge in [0.1, 0.15) is 0 Å². The average Bonchev–Trinajstić information content (AvgIpc) is 2.25. The van der Waals surface area contributed by atoms with Gasteiger partial charge in [0, 0.05) is 12.7 Å². The van der Waals surface area contributed by atoms with Gasteiger partial charge >= 0.3 is 12.2 Å². The molecule has 1 aromatic rings. The Morgan fingerprint density at radius 2 is 2.00 bits per heavy atom. The zero-order valence-electron chi connectivity index (χ0n) is 10.3. The van der Waals surface area contributed by atoms with Crippen molar-refractivity contribution in [1.29, 1.82) is 5.41 Å². The van der Waals surface area contributed by atoms with Gasteiger partial charge in [-0.1, -0.05) is 0 Å². The number of alkyl halides is 3. The minimum atomic E-state index is -4.42. The second-order valence-electron chi connectivity index (χ2n) is 3.90. The second-order valence-corrected chi connectivity index (χ2v) is 3.90. The van der Waals surface area contributed by atoms with Crippen LogP contribution in [-0.4, -0.2) is 19.0 Å². The average molecular weight is 274 g/mol. The van der Waals surface area contributed by atoms with Crippen molar-refractivity contribution in [2.75, 3.05) is 11.9 Å². The van der Waals surface area contributed by atoms with E-state index in [-0.39, 0.29) is 5.96 Å². The van der Waals surface area contributed by atoms with Gasteiger partial charge in [-0.2, -0.15) is 13.2 Å². The second kappa shape index (κ2) is 5.17. The molecule has 0 radical (unpaired) electrons. The Hall–Kier alpha value is -2.25. The van der Waals surface area contributed by atoms with Crippen LogP contribution in [0.2, 0.25) is 0 Å². The molecule has 0 bridgehead atoms. The molecule has 0 atom stereocenters. The highest BCUT2D eigenvalue weighted by atomic mass is 19.4. The maximum Gasteiger partial charge on any atom is 0.416 e. The molecular weight excluding hydrogens is 261 g/mol. The van der Waals surface area contributed by atoms with Crippen molar-refractivity contribution in [3.8, 4) is 0 Å². The number of halogens is 3. The molecule has 0 aliphatic heterocycles. The molecule has 0 aliphatic rings. The first-order valence-electron chi connectivity index (χ1n) is 5.19. The smallest absolute Gasteiger partial charge is 0.351 e. The summed E-state index contributed by atoms with van der Waals surface area (Å²) in [6.07, 6.45) is -4.42. The first kappa shape index (κ1) is 14.8. The zero-order chi connectivity index (χ0) is 14.8. The van der Waals surface area contributed by atoms with Crippen LogP contribution in [0.5, 0.6) is 0 Å². The Balaban J connectivity index is 3.03. The lowest BCUT2D eigenvalue weighted by atomic mass is 10.1. The van der Waals surface area contributed by atoms with E-state index in [1.807, 2.05) is 5.32 Å². The number of benzene rings is 1. The summed E-state index contributed by atoms with van der Waals surface area (Å²) in [5.74, 6) is -0.324. The standard InChI is InChI=1S/C11H13F3N4O/c1-6-5-7(11(12,13)14)3-4-8(6)18(2)9(15)17-10(16)19/h3-5H,1-2H3,(H4,15,16,17,19). The molecule has 1 rings (SSSR count). The SMILES string of the molecule is Cc1cc(C(F)(F)F)ccc1N(C)C(=N)NC(N)=O. The van der Waals surface area contributed by atoms with Gasteiger partial charge < -0.3 is 10.6 Å². The summed E-state index contributed by atoms with van der Waals surface area (Å²) in [5.41, 5.74) is 4.79. The van der Waals surface area contributed by atoms with Crippen LogP contribution in [0.25, 0.3) is 0 Å². The van der Waals surface area contributed by atoms with Gasteiger partial charge in [0.05, 0.1) is 5.56 Å². The molecule has 2 amide bonds. The number of hydrogen-bond acceptors (Lipinski definition) is 2. The number of carbonyl (C=O) groups excluding carboxylic acids is 1. The van der Waals surface area contributed by atoms with Gasteiger partial charge in [-0.05, 0) is 30.7 Å². The molecule has 0 saturated carbocycles. The van der Waals surface area contributed by atoms with Crippen molar-refractivity contribution >= 4 is 17.7 Å². The third kappa shape index (κ3) is 3.60. The van der Waals surface area contributed by atoms with Gasteiger partial charge in [-0.15, -0.1) is 0 Å². The van der Waals surface area contributed by atoms with E-state index in [9.17, 15) is 18.0 Å². The maximum atomic E-state index is 12.5. The minimum Gasteiger partial charge on any atom is -0.351 e. The van der Waals surface area contributed by atoms with E-state index in [4.69, 9.17) is 11.1 Å². The van der Waals surface area contributed by atoms with Gasteiger partial charge in [0.25, 0.3) is 0 Å². The molecule has 0 aliphatic carbocycles. The highest BCUT2D eigenvalue weighted by Gasteiger charge is 2.30. The lowest BCUT2D eigenvalue weighted by molar-refractivity contribution is -0.137. The van der Waals surface area contributed by atoms with Crippen molar-refractivity contribution < 1.29 is 18.0 Å². The van der Waals surface area contributed by atoms with Crippen molar-refractivity contribution in [3.05, 3.63) is 29.3 Å². The molecule has 0 heterocycles. The lowest BCUT2D eigenvalue weighted by Gasteiger charge is -2.22. The molecule has 0 unspecified atom stereocenters. The topological polar surface area (TPSA) is 82.2 Å². The molecule has 4 N–H and O–H groups in total. The molecule has 8 heteroatoms. The van der Waals surface area contributed by atoms with Crippen LogP contribution < -0.4 is 16.0 Å². The number of nitrogens with zero attached hydrogens (tertiary/aromatic N) is 1. The summed E-state index contributed by atoms with van der Waals surface area (Å²) in [4.78, 5) is 11.8. The number of urea groups is 1. The third-order valence-electron chi connectivity index (χ3n) is 2.46. The number of guanidine groups is 1. The molecule has 5 nitrogen and oxygen atoms in total. The van der Waals surface area contributed by atoms with E-state index in [1.165, 1.54) is 24.9 Å². The van der Waals surface area contributed by atoms with E-state index in [0.717, 1.165) is 12.1 Å². The van der Waals surface area contributed by atoms with Gasteiger partial charge in [0.15, 0.2) is 0 Å². The molecule has 0 spiro atoms. The number of amides is 2. The van der Waals surface area contributed by atoms with E-state index < -0.39 is 17.8 Å². The first-order valence-corrected chi connectivity index (χ1v) is 5.19. The lowest BCUT2D eigenvalue weighted by Crippen LogP contribution is -2.44. The number of carbonyl (C=O) groups is 1. The highest BCUT2D eigenvalue weighted by molar-refractivity contribution is 6.03. The number of aryl methyl sites for hydroxylation is 1. The van der Waals surface area contributed by atoms with Crippen molar-refractivity contribution in [1.82, 2.24) is 5.32 Å². The molecule has 0 aromatic heterocycles. The van der Waals surface area contributed by atoms with E-state index >= 15 is 0 Å². The summed E-state index contributed by atoms with van der Waals surface area (Å²) >= 11 is 0. The summed E-state index contributed by atoms with van der Waals surface area (Å²) < 4.78 is 37.5. The van der Waals surface area contributed by atoms with Crippen LogP contribution in [0.1, 0.15) is 11.1 Å². The fourth-order valence-electron chi connectivity index (χ4n) is 1.53. The zero-order valence-corrected chi connectivity index (χ0v) is 10.3. The molecular formula is C11H13F3N4O. The number of nitrogens with two attached hydrogens (primary N) is 1. The van der Waals surface area contributed by atoms with Gasteiger partial charge in [-0.25, -0.2) is 4.79 Å². The maximum absolute atomic E-state index is 12.5. The van der Waals surface area contributed by atoms with Crippen LogP contribution in [0.4, 0.5) is 23.7 Å². The monoisotopic (exact) mass is 274 g/mol. The summed E-state index contributed by atoms with van der Waals surface area (Å²) in [6.45, 7) is 1.48. The van der Waals surface area contributed by atoms with Crippen LogP contribution in [0.3, 0.4) is 0 Å². The third-order valence-corrected chi connectivity index (χ3v) is 2.46. The van der Waals surface area contributed by atoms with Crippen LogP contribution in [0, 0.1) is 12.3 Å². The van der Waals surface area contributed by atoms with Crippen molar-refractivity contribution in [3.63, 3.8) is 0 Å². The predicted molar refractivity (Wildman–Crippen MR) is 65.0 cm³/mol. The summed E-state index contributed by atoms with van der Waals surface area (Å²) in [7, 11) is 1.44. The summed E-state index contributed by atoms with van der Waals surface area (Å²) in [5, 5.41) is 9.57. The highest BCUT2D eigenvalue weighted by Crippen LogP contribution is 2.32. The van der Waals surface area contributed by atoms with Crippen LogP contribution in [0.15, 0.2) is 18.2 Å². The quantitative estimate of drug-likeness (QED) is 0.541. The molecule has 0 saturated heterocycles. The fraction of sp³-hybridized carbons (Fsp3) is 0.273. The van der Waals surface area contributed by atoms with Crippen LogP contribution in [-0.2, 0) is 6.18 Å². The van der Waals surface area contributed by atoms with Crippen molar-refractivity contribution in [2.24, 2.45) is 5.73 Å². The number of primary amides is 1. The van der Waals surface area contributed by atoms with Crippen molar-refractivity contribution in [2.45, 2.75) is 13.1 Å². The fourth-order valence-corrected chi connectivity index (χ4v) is 1.53.